The molecule has 0 spiro atoms. The largest absolute Gasteiger partial charge is 0.480 e. The minimum atomic E-state index is -0.997. The van der Waals surface area contributed by atoms with E-state index in [2.05, 4.69) is 20.9 Å². The van der Waals surface area contributed by atoms with Gasteiger partial charge < -0.3 is 20.5 Å². The summed E-state index contributed by atoms with van der Waals surface area (Å²) in [5.74, 6) is -0.282. The second-order valence-corrected chi connectivity index (χ2v) is 4.93. The molecule has 0 atom stereocenters. The van der Waals surface area contributed by atoms with Crippen LogP contribution in [0.1, 0.15) is 18.5 Å². The molecule has 1 fully saturated rings. The van der Waals surface area contributed by atoms with Crippen molar-refractivity contribution in [1.82, 2.24) is 25.6 Å². The topological polar surface area (TPSA) is 118 Å². The zero-order valence-electron chi connectivity index (χ0n) is 11.6. The highest BCUT2D eigenvalue weighted by atomic mass is 16.5. The molecule has 1 heterocycles. The Morgan fingerprint density at radius 2 is 2.24 bits per heavy atom. The monoisotopic (exact) mass is 297 g/mol. The van der Waals surface area contributed by atoms with Gasteiger partial charge in [0.25, 0.3) is 0 Å². The second kappa shape index (κ2) is 7.58. The van der Waals surface area contributed by atoms with Crippen molar-refractivity contribution >= 4 is 12.0 Å². The summed E-state index contributed by atoms with van der Waals surface area (Å²) in [6.07, 6.45) is 3.97. The molecule has 0 aromatic carbocycles. The standard InChI is InChI=1S/C12H19N5O4/c18-11(19)7-17-6-10(15-16-17)5-14-12(20)13-3-4-21-8-9-1-2-9/h6,9H,1-5,7-8H2,(H,18,19)(H2,13,14,20). The number of ether oxygens (including phenoxy) is 1. The van der Waals surface area contributed by atoms with Crippen LogP contribution in [0.4, 0.5) is 4.79 Å². The smallest absolute Gasteiger partial charge is 0.325 e. The third kappa shape index (κ3) is 6.21. The van der Waals surface area contributed by atoms with Crippen LogP contribution in [-0.2, 0) is 22.6 Å². The maximum absolute atomic E-state index is 11.5. The zero-order chi connectivity index (χ0) is 15.1. The van der Waals surface area contributed by atoms with Gasteiger partial charge >= 0.3 is 12.0 Å². The van der Waals surface area contributed by atoms with Crippen molar-refractivity contribution < 1.29 is 19.4 Å². The summed E-state index contributed by atoms with van der Waals surface area (Å²) < 4.78 is 6.58. The molecular formula is C12H19N5O4. The van der Waals surface area contributed by atoms with Crippen LogP contribution in [0.15, 0.2) is 6.20 Å². The Labute approximate surface area is 121 Å². The van der Waals surface area contributed by atoms with Crippen molar-refractivity contribution in [3.05, 3.63) is 11.9 Å². The Morgan fingerprint density at radius 3 is 2.95 bits per heavy atom. The minimum Gasteiger partial charge on any atom is -0.480 e. The lowest BCUT2D eigenvalue weighted by atomic mass is 10.4. The highest BCUT2D eigenvalue weighted by molar-refractivity contribution is 5.73. The van der Waals surface area contributed by atoms with Gasteiger partial charge in [-0.2, -0.15) is 0 Å². The zero-order valence-corrected chi connectivity index (χ0v) is 11.6. The summed E-state index contributed by atoms with van der Waals surface area (Å²) in [6.45, 7) is 1.66. The Morgan fingerprint density at radius 1 is 1.43 bits per heavy atom. The van der Waals surface area contributed by atoms with E-state index < -0.39 is 5.97 Å². The third-order valence-corrected chi connectivity index (χ3v) is 2.90. The van der Waals surface area contributed by atoms with E-state index in [9.17, 15) is 9.59 Å². The van der Waals surface area contributed by atoms with Crippen molar-refractivity contribution in [2.24, 2.45) is 5.92 Å². The van der Waals surface area contributed by atoms with Crippen molar-refractivity contribution in [2.45, 2.75) is 25.9 Å². The van der Waals surface area contributed by atoms with Crippen LogP contribution in [0.25, 0.3) is 0 Å². The highest BCUT2D eigenvalue weighted by Gasteiger charge is 2.20. The number of aromatic nitrogens is 3. The first-order valence-electron chi connectivity index (χ1n) is 6.83. The number of carboxylic acids is 1. The van der Waals surface area contributed by atoms with Crippen molar-refractivity contribution in [2.75, 3.05) is 19.8 Å². The maximum atomic E-state index is 11.5. The molecule has 21 heavy (non-hydrogen) atoms. The number of aliphatic carboxylic acids is 1. The van der Waals surface area contributed by atoms with Crippen LogP contribution < -0.4 is 10.6 Å². The number of carboxylic acid groups (broad SMARTS) is 1. The van der Waals surface area contributed by atoms with Crippen molar-refractivity contribution in [1.29, 1.82) is 0 Å². The van der Waals surface area contributed by atoms with Crippen LogP contribution in [0.2, 0.25) is 0 Å². The van der Waals surface area contributed by atoms with Crippen molar-refractivity contribution in [3.63, 3.8) is 0 Å². The lowest BCUT2D eigenvalue weighted by Crippen LogP contribution is -2.37. The van der Waals surface area contributed by atoms with E-state index in [1.807, 2.05) is 0 Å². The van der Waals surface area contributed by atoms with E-state index in [-0.39, 0.29) is 19.1 Å². The second-order valence-electron chi connectivity index (χ2n) is 4.93. The molecule has 1 saturated carbocycles. The Bertz CT molecular complexity index is 486. The summed E-state index contributed by atoms with van der Waals surface area (Å²) in [7, 11) is 0. The minimum absolute atomic E-state index is 0.189. The molecule has 1 aromatic heterocycles. The van der Waals surface area contributed by atoms with Crippen LogP contribution >= 0.6 is 0 Å². The fourth-order valence-corrected chi connectivity index (χ4v) is 1.64. The Kier molecular flexibility index (Phi) is 5.50. The van der Waals surface area contributed by atoms with Gasteiger partial charge in [-0.3, -0.25) is 4.79 Å². The molecule has 0 saturated heterocycles. The van der Waals surface area contributed by atoms with E-state index in [0.29, 0.717) is 24.8 Å². The molecule has 9 heteroatoms. The summed E-state index contributed by atoms with van der Waals surface area (Å²) in [5.41, 5.74) is 0.497. The summed E-state index contributed by atoms with van der Waals surface area (Å²) >= 11 is 0. The maximum Gasteiger partial charge on any atom is 0.325 e. The van der Waals surface area contributed by atoms with E-state index >= 15 is 0 Å². The molecular weight excluding hydrogens is 278 g/mol. The predicted molar refractivity (Wildman–Crippen MR) is 71.4 cm³/mol. The molecule has 1 aliphatic rings. The molecule has 1 aliphatic carbocycles. The molecule has 2 amide bonds. The number of rotatable bonds is 9. The number of nitrogens with one attached hydrogen (secondary N) is 2. The molecule has 0 aliphatic heterocycles. The van der Waals surface area contributed by atoms with Crippen LogP contribution in [0.5, 0.6) is 0 Å². The number of nitrogens with zero attached hydrogens (tertiary/aromatic N) is 3. The van der Waals surface area contributed by atoms with Gasteiger partial charge in [0.15, 0.2) is 0 Å². The number of carbonyl (C=O) groups excluding carboxylic acids is 1. The molecule has 0 bridgehead atoms. The normalized spacial score (nSPS) is 13.9. The fraction of sp³-hybridized carbons (Fsp3) is 0.667. The molecule has 3 N–H and O–H groups in total. The first-order chi connectivity index (χ1) is 10.1. The van der Waals surface area contributed by atoms with Gasteiger partial charge in [0.05, 0.1) is 19.3 Å². The number of hydrogen-bond acceptors (Lipinski definition) is 5. The van der Waals surface area contributed by atoms with Gasteiger partial charge in [0.2, 0.25) is 0 Å². The fourth-order valence-electron chi connectivity index (χ4n) is 1.64. The number of carbonyl (C=O) groups is 2. The summed E-state index contributed by atoms with van der Waals surface area (Å²) in [6, 6.07) is -0.321. The van der Waals surface area contributed by atoms with E-state index in [1.165, 1.54) is 23.7 Å². The van der Waals surface area contributed by atoms with Crippen LogP contribution in [-0.4, -0.2) is 51.9 Å². The van der Waals surface area contributed by atoms with E-state index in [1.54, 1.807) is 0 Å². The SMILES string of the molecule is O=C(O)Cn1cc(CNC(=O)NCCOCC2CC2)nn1. The molecule has 9 nitrogen and oxygen atoms in total. The van der Waals surface area contributed by atoms with E-state index in [4.69, 9.17) is 9.84 Å². The predicted octanol–water partition coefficient (Wildman–Crippen LogP) is -0.411. The van der Waals surface area contributed by atoms with Gasteiger partial charge in [-0.25, -0.2) is 9.48 Å². The first-order valence-corrected chi connectivity index (χ1v) is 6.83. The Hall–Kier alpha value is -2.16. The average molecular weight is 297 g/mol. The molecule has 116 valence electrons. The van der Waals surface area contributed by atoms with Gasteiger partial charge in [-0.15, -0.1) is 5.10 Å². The number of amides is 2. The lowest BCUT2D eigenvalue weighted by Gasteiger charge is -2.06. The van der Waals surface area contributed by atoms with Gasteiger partial charge in [0, 0.05) is 13.2 Å². The molecule has 2 rings (SSSR count). The first kappa shape index (κ1) is 15.2. The Balaban J connectivity index is 1.55. The van der Waals surface area contributed by atoms with Gasteiger partial charge in [-0.1, -0.05) is 5.21 Å². The quantitative estimate of drug-likeness (QED) is 0.533. The van der Waals surface area contributed by atoms with Crippen molar-refractivity contribution in [3.8, 4) is 0 Å². The molecule has 0 radical (unpaired) electrons. The average Bonchev–Trinajstić information content (AvgIpc) is 3.15. The number of hydrogen-bond donors (Lipinski definition) is 3. The molecule has 0 unspecified atom stereocenters. The van der Waals surface area contributed by atoms with E-state index in [0.717, 1.165) is 6.61 Å². The third-order valence-electron chi connectivity index (χ3n) is 2.90. The molecule has 1 aromatic rings. The summed E-state index contributed by atoms with van der Waals surface area (Å²) in [5, 5.41) is 21.3. The number of urea groups is 1. The lowest BCUT2D eigenvalue weighted by molar-refractivity contribution is -0.137. The van der Waals surface area contributed by atoms with Crippen LogP contribution in [0, 0.1) is 5.92 Å². The van der Waals surface area contributed by atoms with Crippen LogP contribution in [0.3, 0.4) is 0 Å². The highest BCUT2D eigenvalue weighted by Crippen LogP contribution is 2.28. The summed E-state index contributed by atoms with van der Waals surface area (Å²) in [4.78, 5) is 22.0. The van der Waals surface area contributed by atoms with Gasteiger partial charge in [-0.05, 0) is 18.8 Å². The van der Waals surface area contributed by atoms with Gasteiger partial charge in [0.1, 0.15) is 12.2 Å².